The number of hydrogen-bond acceptors (Lipinski definition) is 2. The van der Waals surface area contributed by atoms with Gasteiger partial charge in [0.25, 0.3) is 5.91 Å². The molecule has 3 rings (SSSR count). The Bertz CT molecular complexity index is 895. The van der Waals surface area contributed by atoms with Gasteiger partial charge in [-0.15, -0.1) is 0 Å². The Labute approximate surface area is 141 Å². The second kappa shape index (κ2) is 6.80. The van der Waals surface area contributed by atoms with E-state index < -0.39 is 17.5 Å². The van der Waals surface area contributed by atoms with Crippen LogP contribution in [-0.4, -0.2) is 15.7 Å². The predicted octanol–water partition coefficient (Wildman–Crippen LogP) is 4.12. The van der Waals surface area contributed by atoms with Crippen LogP contribution in [0.15, 0.2) is 54.9 Å². The molecule has 7 heteroatoms. The molecule has 24 heavy (non-hydrogen) atoms. The quantitative estimate of drug-likeness (QED) is 0.772. The van der Waals surface area contributed by atoms with E-state index in [1.54, 1.807) is 16.9 Å². The fourth-order valence-electron chi connectivity index (χ4n) is 2.17. The number of anilines is 1. The number of rotatable bonds is 4. The minimum atomic E-state index is -0.482. The fraction of sp³-hybridized carbons (Fsp3) is 0.0588. The van der Waals surface area contributed by atoms with Crippen molar-refractivity contribution in [1.29, 1.82) is 0 Å². The van der Waals surface area contributed by atoms with Gasteiger partial charge < -0.3 is 5.32 Å². The topological polar surface area (TPSA) is 46.9 Å². The van der Waals surface area contributed by atoms with Gasteiger partial charge in [-0.1, -0.05) is 23.7 Å². The van der Waals surface area contributed by atoms with Crippen molar-refractivity contribution in [3.8, 4) is 0 Å². The molecule has 1 heterocycles. The molecule has 2 aromatic carbocycles. The van der Waals surface area contributed by atoms with Gasteiger partial charge in [0.2, 0.25) is 0 Å². The normalized spacial score (nSPS) is 10.6. The molecule has 0 aliphatic carbocycles. The summed E-state index contributed by atoms with van der Waals surface area (Å²) in [5, 5.41) is 7.05. The van der Waals surface area contributed by atoms with Crippen LogP contribution in [0, 0.1) is 11.6 Å². The number of amides is 1. The minimum absolute atomic E-state index is 0.212. The van der Waals surface area contributed by atoms with Crippen LogP contribution < -0.4 is 5.32 Å². The molecule has 0 saturated heterocycles. The van der Waals surface area contributed by atoms with Crippen molar-refractivity contribution in [2.45, 2.75) is 6.54 Å². The van der Waals surface area contributed by atoms with E-state index in [4.69, 9.17) is 11.6 Å². The van der Waals surface area contributed by atoms with E-state index in [1.807, 2.05) is 0 Å². The van der Waals surface area contributed by atoms with E-state index in [0.717, 1.165) is 6.07 Å². The van der Waals surface area contributed by atoms with Gasteiger partial charge in [0, 0.05) is 16.8 Å². The highest BCUT2D eigenvalue weighted by molar-refractivity contribution is 6.31. The first-order valence-electron chi connectivity index (χ1n) is 7.04. The summed E-state index contributed by atoms with van der Waals surface area (Å²) in [6.45, 7) is 0.328. The molecule has 1 aromatic heterocycles. The van der Waals surface area contributed by atoms with Gasteiger partial charge in [0.15, 0.2) is 0 Å². The first-order valence-corrected chi connectivity index (χ1v) is 7.42. The number of hydrogen-bond donors (Lipinski definition) is 1. The summed E-state index contributed by atoms with van der Waals surface area (Å²) < 4.78 is 27.7. The summed E-state index contributed by atoms with van der Waals surface area (Å²) in [7, 11) is 0. The van der Waals surface area contributed by atoms with Crippen molar-refractivity contribution in [2.75, 3.05) is 5.32 Å². The number of benzene rings is 2. The summed E-state index contributed by atoms with van der Waals surface area (Å²) in [4.78, 5) is 12.0. The van der Waals surface area contributed by atoms with Crippen LogP contribution in [0.5, 0.6) is 0 Å². The van der Waals surface area contributed by atoms with Gasteiger partial charge >= 0.3 is 0 Å². The zero-order valence-corrected chi connectivity index (χ0v) is 13.1. The molecule has 1 amide bonds. The molecule has 3 aromatic rings. The maximum Gasteiger partial charge on any atom is 0.255 e. The minimum Gasteiger partial charge on any atom is -0.319 e. The van der Waals surface area contributed by atoms with E-state index in [9.17, 15) is 13.6 Å². The lowest BCUT2D eigenvalue weighted by atomic mass is 10.2. The second-order valence-corrected chi connectivity index (χ2v) is 5.53. The zero-order valence-electron chi connectivity index (χ0n) is 12.3. The van der Waals surface area contributed by atoms with E-state index in [2.05, 4.69) is 10.4 Å². The molecule has 0 fully saturated rings. The van der Waals surface area contributed by atoms with Crippen molar-refractivity contribution in [2.24, 2.45) is 0 Å². The highest BCUT2D eigenvalue weighted by Crippen LogP contribution is 2.19. The van der Waals surface area contributed by atoms with Crippen LogP contribution in [0.2, 0.25) is 5.02 Å². The van der Waals surface area contributed by atoms with Gasteiger partial charge in [-0.3, -0.25) is 9.48 Å². The maximum absolute atomic E-state index is 13.1. The van der Waals surface area contributed by atoms with Crippen molar-refractivity contribution in [3.05, 3.63) is 82.6 Å². The Balaban J connectivity index is 1.70. The molecule has 0 saturated carbocycles. The molecule has 0 spiro atoms. The lowest BCUT2D eigenvalue weighted by Gasteiger charge is -2.05. The molecule has 4 nitrogen and oxygen atoms in total. The van der Waals surface area contributed by atoms with Crippen molar-refractivity contribution in [3.63, 3.8) is 0 Å². The molecular weight excluding hydrogens is 336 g/mol. The lowest BCUT2D eigenvalue weighted by molar-refractivity contribution is 0.102. The molecule has 0 bridgehead atoms. The Morgan fingerprint density at radius 1 is 1.17 bits per heavy atom. The van der Waals surface area contributed by atoms with Crippen LogP contribution in [0.25, 0.3) is 0 Å². The average molecular weight is 348 g/mol. The standard InChI is InChI=1S/C17H12ClF2N3O/c18-16-7-14(20)5-4-12(16)9-23-10-15(8-21-23)22-17(24)11-2-1-3-13(19)6-11/h1-8,10H,9H2,(H,22,24). The molecule has 0 atom stereocenters. The lowest BCUT2D eigenvalue weighted by Crippen LogP contribution is -2.11. The number of carbonyl (C=O) groups is 1. The highest BCUT2D eigenvalue weighted by atomic mass is 35.5. The molecule has 1 N–H and O–H groups in total. The van der Waals surface area contributed by atoms with Gasteiger partial charge in [0.05, 0.1) is 18.4 Å². The third-order valence-electron chi connectivity index (χ3n) is 3.33. The zero-order chi connectivity index (χ0) is 17.1. The summed E-state index contributed by atoms with van der Waals surface area (Å²) in [6.07, 6.45) is 3.07. The number of carbonyl (C=O) groups excluding carboxylic acids is 1. The van der Waals surface area contributed by atoms with E-state index in [-0.39, 0.29) is 5.56 Å². The highest BCUT2D eigenvalue weighted by Gasteiger charge is 2.09. The van der Waals surface area contributed by atoms with Gasteiger partial charge in [-0.25, -0.2) is 8.78 Å². The largest absolute Gasteiger partial charge is 0.319 e. The molecule has 0 unspecified atom stereocenters. The summed E-state index contributed by atoms with van der Waals surface area (Å²) in [5.74, 6) is -1.33. The Kier molecular flexibility index (Phi) is 4.57. The molecule has 0 aliphatic rings. The monoisotopic (exact) mass is 347 g/mol. The van der Waals surface area contributed by atoms with E-state index in [1.165, 1.54) is 36.5 Å². The SMILES string of the molecule is O=C(Nc1cnn(Cc2ccc(F)cc2Cl)c1)c1cccc(F)c1. The van der Waals surface area contributed by atoms with Gasteiger partial charge in [-0.05, 0) is 35.9 Å². The Morgan fingerprint density at radius 3 is 2.71 bits per heavy atom. The van der Waals surface area contributed by atoms with E-state index >= 15 is 0 Å². The van der Waals surface area contributed by atoms with Crippen molar-refractivity contribution < 1.29 is 13.6 Å². The molecule has 122 valence electrons. The molecule has 0 aliphatic heterocycles. The van der Waals surface area contributed by atoms with Crippen molar-refractivity contribution >= 4 is 23.2 Å². The number of aromatic nitrogens is 2. The van der Waals surface area contributed by atoms with Crippen LogP contribution in [0.1, 0.15) is 15.9 Å². The van der Waals surface area contributed by atoms with Crippen LogP contribution in [0.3, 0.4) is 0 Å². The maximum atomic E-state index is 13.1. The molecule has 0 radical (unpaired) electrons. The number of nitrogens with one attached hydrogen (secondary N) is 1. The first-order chi connectivity index (χ1) is 11.5. The second-order valence-electron chi connectivity index (χ2n) is 5.13. The van der Waals surface area contributed by atoms with E-state index in [0.29, 0.717) is 22.8 Å². The van der Waals surface area contributed by atoms with Crippen molar-refractivity contribution in [1.82, 2.24) is 9.78 Å². The summed E-state index contributed by atoms with van der Waals surface area (Å²) in [6, 6.07) is 9.51. The van der Waals surface area contributed by atoms with Crippen LogP contribution in [0.4, 0.5) is 14.5 Å². The molecular formula is C17H12ClF2N3O. The Hall–Kier alpha value is -2.73. The van der Waals surface area contributed by atoms with Gasteiger partial charge in [0.1, 0.15) is 11.6 Å². The third kappa shape index (κ3) is 3.78. The summed E-state index contributed by atoms with van der Waals surface area (Å²) in [5.41, 5.74) is 1.37. The fourth-order valence-corrected chi connectivity index (χ4v) is 2.40. The third-order valence-corrected chi connectivity index (χ3v) is 3.68. The number of halogens is 3. The van der Waals surface area contributed by atoms with Crippen LogP contribution >= 0.6 is 11.6 Å². The van der Waals surface area contributed by atoms with Crippen LogP contribution in [-0.2, 0) is 6.54 Å². The Morgan fingerprint density at radius 2 is 1.96 bits per heavy atom. The number of nitrogens with zero attached hydrogens (tertiary/aromatic N) is 2. The smallest absolute Gasteiger partial charge is 0.255 e. The first kappa shape index (κ1) is 16.1. The summed E-state index contributed by atoms with van der Waals surface area (Å²) >= 11 is 5.98. The van der Waals surface area contributed by atoms with Gasteiger partial charge in [-0.2, -0.15) is 5.10 Å². The predicted molar refractivity (Wildman–Crippen MR) is 87.1 cm³/mol. The average Bonchev–Trinajstić information content (AvgIpc) is 2.97.